The van der Waals surface area contributed by atoms with Crippen molar-refractivity contribution in [1.29, 1.82) is 0 Å². The fraction of sp³-hybridized carbons (Fsp3) is 0.233. The summed E-state index contributed by atoms with van der Waals surface area (Å²) in [5, 5.41) is 4.13. The molecule has 1 aromatic heterocycles. The standard InChI is InChI=1S/C30H30Cl2N4O2/c1-3-36(4-2)18-5-19-38-26-16-14-25(15-17-26)33-30(37)29-34-27(21-6-10-23(31)11-7-21)20-28(35-29)22-8-12-24(32)13-9-22/h6-17,20H,3-5,18-19H2,1-2H3,(H,33,37). The number of nitrogens with one attached hydrogen (secondary N) is 1. The second-order valence-electron chi connectivity index (χ2n) is 8.68. The van der Waals surface area contributed by atoms with E-state index in [1.807, 2.05) is 42.5 Å². The predicted octanol–water partition coefficient (Wildman–Crippen LogP) is 7.48. The fourth-order valence-electron chi connectivity index (χ4n) is 3.93. The quantitative estimate of drug-likeness (QED) is 0.197. The number of carbonyl (C=O) groups excluding carboxylic acids is 1. The Morgan fingerprint density at radius 2 is 1.34 bits per heavy atom. The molecule has 0 aliphatic carbocycles. The zero-order chi connectivity index (χ0) is 26.9. The number of hydrogen-bond donors (Lipinski definition) is 1. The first-order valence-corrected chi connectivity index (χ1v) is 13.4. The second kappa shape index (κ2) is 13.4. The number of rotatable bonds is 11. The maximum atomic E-state index is 13.2. The highest BCUT2D eigenvalue weighted by Gasteiger charge is 2.15. The van der Waals surface area contributed by atoms with Gasteiger partial charge < -0.3 is 15.0 Å². The van der Waals surface area contributed by atoms with Crippen LogP contribution >= 0.6 is 23.2 Å². The lowest BCUT2D eigenvalue weighted by Crippen LogP contribution is -2.25. The lowest BCUT2D eigenvalue weighted by Gasteiger charge is -2.17. The number of hydrogen-bond acceptors (Lipinski definition) is 5. The number of carbonyl (C=O) groups is 1. The minimum atomic E-state index is -0.413. The van der Waals surface area contributed by atoms with E-state index in [0.717, 1.165) is 42.9 Å². The maximum absolute atomic E-state index is 13.2. The van der Waals surface area contributed by atoms with Crippen LogP contribution < -0.4 is 10.1 Å². The van der Waals surface area contributed by atoms with Crippen LogP contribution in [0, 0.1) is 0 Å². The number of ether oxygens (including phenoxy) is 1. The summed E-state index contributed by atoms with van der Waals surface area (Å²) in [6, 6.07) is 23.7. The van der Waals surface area contributed by atoms with Crippen LogP contribution in [0.15, 0.2) is 78.9 Å². The Labute approximate surface area is 233 Å². The van der Waals surface area contributed by atoms with Crippen LogP contribution in [0.4, 0.5) is 5.69 Å². The smallest absolute Gasteiger partial charge is 0.293 e. The molecule has 0 aliphatic rings. The van der Waals surface area contributed by atoms with E-state index in [9.17, 15) is 4.79 Å². The van der Waals surface area contributed by atoms with Gasteiger partial charge in [-0.05, 0) is 74.1 Å². The molecule has 0 spiro atoms. The first-order chi connectivity index (χ1) is 18.4. The summed E-state index contributed by atoms with van der Waals surface area (Å²) in [6.07, 6.45) is 0.956. The zero-order valence-electron chi connectivity index (χ0n) is 21.5. The number of aromatic nitrogens is 2. The van der Waals surface area contributed by atoms with Crippen LogP contribution in [0.5, 0.6) is 5.75 Å². The van der Waals surface area contributed by atoms with Crippen molar-refractivity contribution < 1.29 is 9.53 Å². The van der Waals surface area contributed by atoms with Crippen molar-refractivity contribution >= 4 is 34.8 Å². The van der Waals surface area contributed by atoms with E-state index in [-0.39, 0.29) is 5.82 Å². The van der Waals surface area contributed by atoms with Gasteiger partial charge in [0.2, 0.25) is 5.82 Å². The Balaban J connectivity index is 1.49. The van der Waals surface area contributed by atoms with E-state index in [0.29, 0.717) is 33.7 Å². The molecule has 3 aromatic carbocycles. The summed E-state index contributed by atoms with van der Waals surface area (Å²) in [7, 11) is 0. The van der Waals surface area contributed by atoms with Gasteiger partial charge in [0, 0.05) is 33.4 Å². The van der Waals surface area contributed by atoms with Crippen LogP contribution in [0.2, 0.25) is 10.0 Å². The minimum absolute atomic E-state index is 0.0547. The van der Waals surface area contributed by atoms with E-state index >= 15 is 0 Å². The molecule has 0 atom stereocenters. The molecule has 0 radical (unpaired) electrons. The Morgan fingerprint density at radius 1 is 0.816 bits per heavy atom. The van der Waals surface area contributed by atoms with Crippen LogP contribution in [-0.4, -0.2) is 47.0 Å². The lowest BCUT2D eigenvalue weighted by atomic mass is 10.1. The van der Waals surface area contributed by atoms with Gasteiger partial charge in [0.25, 0.3) is 5.91 Å². The zero-order valence-corrected chi connectivity index (χ0v) is 23.0. The van der Waals surface area contributed by atoms with Crippen LogP contribution in [0.3, 0.4) is 0 Å². The largest absolute Gasteiger partial charge is 0.494 e. The van der Waals surface area contributed by atoms with Gasteiger partial charge in [0.1, 0.15) is 5.75 Å². The van der Waals surface area contributed by atoms with Crippen molar-refractivity contribution in [2.45, 2.75) is 20.3 Å². The van der Waals surface area contributed by atoms with Gasteiger partial charge in [-0.1, -0.05) is 61.3 Å². The molecule has 1 heterocycles. The summed E-state index contributed by atoms with van der Waals surface area (Å²) in [5.41, 5.74) is 3.49. The third-order valence-electron chi connectivity index (χ3n) is 6.10. The monoisotopic (exact) mass is 548 g/mol. The molecule has 4 aromatic rings. The molecule has 0 saturated heterocycles. The lowest BCUT2D eigenvalue weighted by molar-refractivity contribution is 0.101. The number of amides is 1. The van der Waals surface area contributed by atoms with E-state index in [4.69, 9.17) is 27.9 Å². The average molecular weight is 550 g/mol. The van der Waals surface area contributed by atoms with E-state index in [1.165, 1.54) is 0 Å². The van der Waals surface area contributed by atoms with E-state index in [2.05, 4.69) is 34.0 Å². The summed E-state index contributed by atoms with van der Waals surface area (Å²) < 4.78 is 5.85. The minimum Gasteiger partial charge on any atom is -0.494 e. The maximum Gasteiger partial charge on any atom is 0.293 e. The van der Waals surface area contributed by atoms with Crippen LogP contribution in [-0.2, 0) is 0 Å². The highest BCUT2D eigenvalue weighted by atomic mass is 35.5. The van der Waals surface area contributed by atoms with Crippen LogP contribution in [0.1, 0.15) is 30.9 Å². The van der Waals surface area contributed by atoms with E-state index in [1.54, 1.807) is 36.4 Å². The fourth-order valence-corrected chi connectivity index (χ4v) is 4.18. The molecule has 0 unspecified atom stereocenters. The molecular formula is C30H30Cl2N4O2. The van der Waals surface area contributed by atoms with Gasteiger partial charge in [-0.15, -0.1) is 0 Å². The topological polar surface area (TPSA) is 67.3 Å². The van der Waals surface area contributed by atoms with Crippen molar-refractivity contribution in [2.24, 2.45) is 0 Å². The summed E-state index contributed by atoms with van der Waals surface area (Å²) in [4.78, 5) is 24.7. The van der Waals surface area contributed by atoms with Gasteiger partial charge >= 0.3 is 0 Å². The normalized spacial score (nSPS) is 11.0. The summed E-state index contributed by atoms with van der Waals surface area (Å²) in [6.45, 7) is 8.05. The predicted molar refractivity (Wildman–Crippen MR) is 155 cm³/mol. The molecule has 8 heteroatoms. The van der Waals surface area contributed by atoms with E-state index < -0.39 is 5.91 Å². The Morgan fingerprint density at radius 3 is 1.84 bits per heavy atom. The van der Waals surface area contributed by atoms with Gasteiger partial charge in [-0.2, -0.15) is 0 Å². The molecule has 1 N–H and O–H groups in total. The Hall–Kier alpha value is -3.45. The molecule has 0 fully saturated rings. The molecule has 38 heavy (non-hydrogen) atoms. The van der Waals surface area contributed by atoms with Crippen molar-refractivity contribution in [3.63, 3.8) is 0 Å². The van der Waals surface area contributed by atoms with Crippen LogP contribution in [0.25, 0.3) is 22.5 Å². The molecule has 196 valence electrons. The average Bonchev–Trinajstić information content (AvgIpc) is 2.94. The van der Waals surface area contributed by atoms with Crippen molar-refractivity contribution in [2.75, 3.05) is 31.6 Å². The molecule has 0 saturated carbocycles. The number of anilines is 1. The van der Waals surface area contributed by atoms with Gasteiger partial charge in [0.15, 0.2) is 0 Å². The number of nitrogens with zero attached hydrogens (tertiary/aromatic N) is 3. The highest BCUT2D eigenvalue weighted by Crippen LogP contribution is 2.26. The second-order valence-corrected chi connectivity index (χ2v) is 9.56. The first kappa shape index (κ1) is 27.6. The van der Waals surface area contributed by atoms with Crippen molar-refractivity contribution in [3.05, 3.63) is 94.7 Å². The molecule has 0 bridgehead atoms. The molecular weight excluding hydrogens is 519 g/mol. The molecule has 1 amide bonds. The molecule has 0 aliphatic heterocycles. The number of halogens is 2. The van der Waals surface area contributed by atoms with Crippen molar-refractivity contribution in [1.82, 2.24) is 14.9 Å². The Bertz CT molecular complexity index is 1280. The van der Waals surface area contributed by atoms with Gasteiger partial charge in [-0.25, -0.2) is 9.97 Å². The third kappa shape index (κ3) is 7.54. The van der Waals surface area contributed by atoms with Crippen molar-refractivity contribution in [3.8, 4) is 28.3 Å². The van der Waals surface area contributed by atoms with Gasteiger partial charge in [0.05, 0.1) is 18.0 Å². The third-order valence-corrected chi connectivity index (χ3v) is 6.61. The highest BCUT2D eigenvalue weighted by molar-refractivity contribution is 6.30. The summed E-state index contributed by atoms with van der Waals surface area (Å²) >= 11 is 12.1. The first-order valence-electron chi connectivity index (χ1n) is 12.6. The summed E-state index contributed by atoms with van der Waals surface area (Å²) in [5.74, 6) is 0.400. The van der Waals surface area contributed by atoms with Gasteiger partial charge in [-0.3, -0.25) is 4.79 Å². The molecule has 4 rings (SSSR count). The molecule has 6 nitrogen and oxygen atoms in total. The number of benzene rings is 3. The SMILES string of the molecule is CCN(CC)CCCOc1ccc(NC(=O)c2nc(-c3ccc(Cl)cc3)cc(-c3ccc(Cl)cc3)n2)cc1. The Kier molecular flexibility index (Phi) is 9.71.